The predicted molar refractivity (Wildman–Crippen MR) is 140 cm³/mol. The Bertz CT molecular complexity index is 1470. The van der Waals surface area contributed by atoms with Gasteiger partial charge in [0.15, 0.2) is 16.3 Å². The van der Waals surface area contributed by atoms with E-state index < -0.39 is 12.0 Å². The Balaban J connectivity index is 1.87. The smallest absolute Gasteiger partial charge is 0.338 e. The molecule has 3 aromatic rings. The molecule has 0 saturated carbocycles. The molecule has 2 aromatic carbocycles. The quantitative estimate of drug-likeness (QED) is 0.432. The molecule has 188 valence electrons. The van der Waals surface area contributed by atoms with Crippen LogP contribution in [-0.2, 0) is 9.53 Å². The minimum absolute atomic E-state index is 0.00793. The third kappa shape index (κ3) is 5.14. The van der Waals surface area contributed by atoms with Gasteiger partial charge in [0.05, 0.1) is 41.2 Å². The summed E-state index contributed by atoms with van der Waals surface area (Å²) in [5.74, 6) is 0.809. The van der Waals surface area contributed by atoms with Crippen LogP contribution in [0.2, 0.25) is 0 Å². The van der Waals surface area contributed by atoms with Crippen LogP contribution in [0.15, 0.2) is 69.6 Å². The minimum Gasteiger partial charge on any atom is -0.490 e. The third-order valence-corrected chi connectivity index (χ3v) is 6.54. The van der Waals surface area contributed by atoms with Crippen molar-refractivity contribution in [1.29, 1.82) is 0 Å². The first-order valence-electron chi connectivity index (χ1n) is 12.0. The van der Waals surface area contributed by atoms with Crippen LogP contribution in [0.3, 0.4) is 0 Å². The number of fused-ring (bicyclic) bond motifs is 1. The van der Waals surface area contributed by atoms with E-state index in [1.54, 1.807) is 18.4 Å². The number of benzene rings is 2. The van der Waals surface area contributed by atoms with Crippen LogP contribution < -0.4 is 24.4 Å². The van der Waals surface area contributed by atoms with Crippen molar-refractivity contribution < 1.29 is 19.0 Å². The van der Waals surface area contributed by atoms with Gasteiger partial charge in [0.1, 0.15) is 0 Å². The van der Waals surface area contributed by atoms with Crippen LogP contribution in [0.5, 0.6) is 11.5 Å². The molecule has 8 heteroatoms. The summed E-state index contributed by atoms with van der Waals surface area (Å²) in [6.45, 7) is 10.1. The number of hydrogen-bond donors (Lipinski definition) is 0. The fourth-order valence-corrected chi connectivity index (χ4v) is 5.17. The highest BCUT2D eigenvalue weighted by Crippen LogP contribution is 2.31. The van der Waals surface area contributed by atoms with E-state index in [1.807, 2.05) is 75.4 Å². The number of esters is 1. The Labute approximate surface area is 214 Å². The number of allylic oxidation sites excluding steroid dienone is 1. The van der Waals surface area contributed by atoms with Gasteiger partial charge in [-0.1, -0.05) is 47.7 Å². The Morgan fingerprint density at radius 1 is 1.11 bits per heavy atom. The molecule has 0 N–H and O–H groups in total. The van der Waals surface area contributed by atoms with Crippen molar-refractivity contribution >= 4 is 23.4 Å². The van der Waals surface area contributed by atoms with E-state index in [0.717, 1.165) is 11.1 Å². The third-order valence-electron chi connectivity index (χ3n) is 5.56. The maximum Gasteiger partial charge on any atom is 0.338 e. The lowest BCUT2D eigenvalue weighted by atomic mass is 9.96. The number of hydrogen-bond acceptors (Lipinski definition) is 7. The monoisotopic (exact) mass is 506 g/mol. The summed E-state index contributed by atoms with van der Waals surface area (Å²) in [4.78, 5) is 31.8. The molecule has 0 spiro atoms. The Morgan fingerprint density at radius 3 is 2.53 bits per heavy atom. The first-order chi connectivity index (χ1) is 17.3. The first kappa shape index (κ1) is 25.4. The summed E-state index contributed by atoms with van der Waals surface area (Å²) >= 11 is 1.29. The molecule has 7 nitrogen and oxygen atoms in total. The van der Waals surface area contributed by atoms with Crippen molar-refractivity contribution in [3.8, 4) is 11.5 Å². The van der Waals surface area contributed by atoms with Crippen LogP contribution in [0.1, 0.15) is 51.8 Å². The van der Waals surface area contributed by atoms with Gasteiger partial charge in [0.25, 0.3) is 5.56 Å². The van der Waals surface area contributed by atoms with E-state index in [0.29, 0.717) is 38.7 Å². The summed E-state index contributed by atoms with van der Waals surface area (Å²) in [6, 6.07) is 14.5. The highest BCUT2D eigenvalue weighted by molar-refractivity contribution is 7.07. The van der Waals surface area contributed by atoms with Gasteiger partial charge < -0.3 is 14.2 Å². The molecule has 0 aliphatic carbocycles. The number of aromatic nitrogens is 1. The molecular weight excluding hydrogens is 476 g/mol. The lowest BCUT2D eigenvalue weighted by Gasteiger charge is -2.24. The van der Waals surface area contributed by atoms with Crippen molar-refractivity contribution in [2.24, 2.45) is 4.99 Å². The normalized spacial score (nSPS) is 15.5. The molecule has 36 heavy (non-hydrogen) atoms. The first-order valence-corrected chi connectivity index (χ1v) is 12.8. The van der Waals surface area contributed by atoms with Gasteiger partial charge in [-0.05, 0) is 64.0 Å². The van der Waals surface area contributed by atoms with Crippen LogP contribution in [0, 0.1) is 0 Å². The second-order valence-corrected chi connectivity index (χ2v) is 9.53. The summed E-state index contributed by atoms with van der Waals surface area (Å²) < 4.78 is 19.1. The largest absolute Gasteiger partial charge is 0.490 e. The van der Waals surface area contributed by atoms with Gasteiger partial charge >= 0.3 is 5.97 Å². The van der Waals surface area contributed by atoms with Crippen molar-refractivity contribution in [2.75, 3.05) is 13.2 Å². The Kier molecular flexibility index (Phi) is 7.74. The topological polar surface area (TPSA) is 79.1 Å². The average Bonchev–Trinajstić information content (AvgIpc) is 3.14. The maximum atomic E-state index is 13.7. The standard InChI is InChI=1S/C28H30N2O5S/c1-6-33-22-15-19(13-14-21(22)35-17(3)4)16-23-26(31)30-25(20-11-9-8-10-12-20)24(27(32)34-7-2)18(5)29-28(30)36-23/h8-17,25H,6-7H2,1-5H3/b23-16-/t25-/m1/s1. The second-order valence-electron chi connectivity index (χ2n) is 8.52. The summed E-state index contributed by atoms with van der Waals surface area (Å²) in [5.41, 5.74) is 2.32. The lowest BCUT2D eigenvalue weighted by Crippen LogP contribution is -2.39. The van der Waals surface area contributed by atoms with Crippen LogP contribution >= 0.6 is 11.3 Å². The van der Waals surface area contributed by atoms with Crippen molar-refractivity contribution in [3.05, 3.63) is 90.6 Å². The van der Waals surface area contributed by atoms with E-state index in [-0.39, 0.29) is 18.3 Å². The number of rotatable bonds is 8. The van der Waals surface area contributed by atoms with E-state index in [1.165, 1.54) is 11.3 Å². The zero-order valence-corrected chi connectivity index (χ0v) is 21.9. The van der Waals surface area contributed by atoms with Gasteiger partial charge in [-0.15, -0.1) is 0 Å². The number of nitrogens with zero attached hydrogens (tertiary/aromatic N) is 2. The SMILES string of the molecule is CCOC(=O)C1=C(C)N=c2s/c(=C\c3ccc(OC(C)C)c(OCC)c3)c(=O)n2[C@@H]1c1ccccc1. The maximum absolute atomic E-state index is 13.7. The lowest BCUT2D eigenvalue weighted by molar-refractivity contribution is -0.139. The fraction of sp³-hybridized carbons (Fsp3) is 0.321. The molecule has 1 aliphatic rings. The number of ether oxygens (including phenoxy) is 3. The fourth-order valence-electron chi connectivity index (χ4n) is 4.13. The molecule has 0 bridgehead atoms. The molecule has 0 fully saturated rings. The Morgan fingerprint density at radius 2 is 1.86 bits per heavy atom. The van der Waals surface area contributed by atoms with E-state index >= 15 is 0 Å². The predicted octanol–water partition coefficient (Wildman–Crippen LogP) is 3.98. The molecule has 2 heterocycles. The van der Waals surface area contributed by atoms with Crippen molar-refractivity contribution in [1.82, 2.24) is 4.57 Å². The molecule has 0 saturated heterocycles. The van der Waals surface area contributed by atoms with Crippen LogP contribution in [-0.4, -0.2) is 29.9 Å². The zero-order valence-electron chi connectivity index (χ0n) is 21.1. The summed E-state index contributed by atoms with van der Waals surface area (Å²) in [5, 5.41) is 0. The van der Waals surface area contributed by atoms with Crippen LogP contribution in [0.4, 0.5) is 0 Å². The summed E-state index contributed by atoms with van der Waals surface area (Å²) in [6.07, 6.45) is 1.82. The number of carbonyl (C=O) groups is 1. The van der Waals surface area contributed by atoms with E-state index in [4.69, 9.17) is 14.2 Å². The Hall–Kier alpha value is -3.65. The second kappa shape index (κ2) is 11.0. The van der Waals surface area contributed by atoms with Gasteiger partial charge in [-0.2, -0.15) is 0 Å². The van der Waals surface area contributed by atoms with Crippen molar-refractivity contribution in [2.45, 2.75) is 46.8 Å². The summed E-state index contributed by atoms with van der Waals surface area (Å²) in [7, 11) is 0. The van der Waals surface area contributed by atoms with E-state index in [2.05, 4.69) is 4.99 Å². The van der Waals surface area contributed by atoms with Gasteiger partial charge in [0.2, 0.25) is 0 Å². The molecular formula is C28H30N2O5S. The van der Waals surface area contributed by atoms with Gasteiger partial charge in [0, 0.05) is 0 Å². The number of carbonyl (C=O) groups excluding carboxylic acids is 1. The number of thiazole rings is 1. The van der Waals surface area contributed by atoms with Gasteiger partial charge in [-0.3, -0.25) is 9.36 Å². The van der Waals surface area contributed by atoms with E-state index in [9.17, 15) is 9.59 Å². The molecule has 0 amide bonds. The molecule has 1 aliphatic heterocycles. The minimum atomic E-state index is -0.621. The van der Waals surface area contributed by atoms with Crippen molar-refractivity contribution in [3.63, 3.8) is 0 Å². The van der Waals surface area contributed by atoms with Crippen LogP contribution in [0.25, 0.3) is 6.08 Å². The highest BCUT2D eigenvalue weighted by atomic mass is 32.1. The highest BCUT2D eigenvalue weighted by Gasteiger charge is 2.33. The average molecular weight is 507 g/mol. The zero-order chi connectivity index (χ0) is 25.8. The molecule has 0 radical (unpaired) electrons. The van der Waals surface area contributed by atoms with Gasteiger partial charge in [-0.25, -0.2) is 9.79 Å². The molecule has 0 unspecified atom stereocenters. The molecule has 4 rings (SSSR count). The molecule has 1 atom stereocenters. The molecule has 1 aromatic heterocycles.